The normalized spacial score (nSPS) is 14.6. The van der Waals surface area contributed by atoms with Crippen molar-refractivity contribution in [3.8, 4) is 5.75 Å². The summed E-state index contributed by atoms with van der Waals surface area (Å²) in [6.07, 6.45) is 0.505. The van der Waals surface area contributed by atoms with Gasteiger partial charge in [0, 0.05) is 12.5 Å². The Morgan fingerprint density at radius 3 is 2.75 bits per heavy atom. The summed E-state index contributed by atoms with van der Waals surface area (Å²) in [4.78, 5) is 0. The van der Waals surface area contributed by atoms with Gasteiger partial charge in [-0.3, -0.25) is 0 Å². The van der Waals surface area contributed by atoms with Crippen molar-refractivity contribution in [2.75, 3.05) is 7.11 Å². The maximum Gasteiger partial charge on any atom is 0.165 e. The van der Waals surface area contributed by atoms with Gasteiger partial charge in [0.05, 0.1) is 13.2 Å². The number of aliphatic hydroxyl groups excluding tert-OH is 1. The van der Waals surface area contributed by atoms with Crippen LogP contribution in [0.25, 0.3) is 0 Å². The molecule has 1 aromatic carbocycles. The van der Waals surface area contributed by atoms with Crippen LogP contribution < -0.4 is 10.5 Å². The summed E-state index contributed by atoms with van der Waals surface area (Å²) in [7, 11) is 1.41. The van der Waals surface area contributed by atoms with Crippen LogP contribution in [0, 0.1) is 5.82 Å². The maximum absolute atomic E-state index is 13.1. The van der Waals surface area contributed by atoms with Crippen LogP contribution in [0.5, 0.6) is 5.75 Å². The maximum atomic E-state index is 13.1. The van der Waals surface area contributed by atoms with Gasteiger partial charge in [-0.1, -0.05) is 13.0 Å². The second-order valence-electron chi connectivity index (χ2n) is 3.81. The van der Waals surface area contributed by atoms with Crippen molar-refractivity contribution in [2.24, 2.45) is 5.73 Å². The second-order valence-corrected chi connectivity index (χ2v) is 3.81. The van der Waals surface area contributed by atoms with E-state index in [9.17, 15) is 9.50 Å². The Morgan fingerprint density at radius 2 is 2.19 bits per heavy atom. The van der Waals surface area contributed by atoms with Gasteiger partial charge in [0.2, 0.25) is 0 Å². The largest absolute Gasteiger partial charge is 0.494 e. The van der Waals surface area contributed by atoms with Crippen molar-refractivity contribution in [2.45, 2.75) is 31.9 Å². The van der Waals surface area contributed by atoms with Crippen LogP contribution in [-0.4, -0.2) is 24.4 Å². The summed E-state index contributed by atoms with van der Waals surface area (Å²) in [6, 6.07) is 4.29. The lowest BCUT2D eigenvalue weighted by atomic mass is 10.0. The molecule has 1 rings (SSSR count). The highest BCUT2D eigenvalue weighted by molar-refractivity contribution is 5.30. The molecule has 0 heterocycles. The molecule has 0 aromatic heterocycles. The topological polar surface area (TPSA) is 55.5 Å². The highest BCUT2D eigenvalue weighted by Crippen LogP contribution is 2.19. The molecule has 16 heavy (non-hydrogen) atoms. The molecule has 3 nitrogen and oxygen atoms in total. The predicted octanol–water partition coefficient (Wildman–Crippen LogP) is 1.47. The summed E-state index contributed by atoms with van der Waals surface area (Å²) in [6.45, 7) is 1.92. The summed E-state index contributed by atoms with van der Waals surface area (Å²) < 4.78 is 18.0. The zero-order valence-corrected chi connectivity index (χ0v) is 9.61. The highest BCUT2D eigenvalue weighted by atomic mass is 19.1. The number of ether oxygens (including phenoxy) is 1. The zero-order valence-electron chi connectivity index (χ0n) is 9.61. The van der Waals surface area contributed by atoms with Gasteiger partial charge in [-0.2, -0.15) is 0 Å². The first-order chi connectivity index (χ1) is 7.58. The fourth-order valence-electron chi connectivity index (χ4n) is 1.50. The smallest absolute Gasteiger partial charge is 0.165 e. The van der Waals surface area contributed by atoms with Gasteiger partial charge in [0.1, 0.15) is 0 Å². The van der Waals surface area contributed by atoms with Crippen molar-refractivity contribution in [3.63, 3.8) is 0 Å². The van der Waals surface area contributed by atoms with Gasteiger partial charge >= 0.3 is 0 Å². The summed E-state index contributed by atoms with van der Waals surface area (Å²) in [5.41, 5.74) is 6.52. The van der Waals surface area contributed by atoms with E-state index in [0.29, 0.717) is 12.8 Å². The molecule has 90 valence electrons. The van der Waals surface area contributed by atoms with E-state index in [2.05, 4.69) is 0 Å². The van der Waals surface area contributed by atoms with E-state index in [0.717, 1.165) is 5.56 Å². The lowest BCUT2D eigenvalue weighted by molar-refractivity contribution is 0.142. The molecule has 0 amide bonds. The molecule has 3 N–H and O–H groups in total. The minimum absolute atomic E-state index is 0.190. The van der Waals surface area contributed by atoms with Crippen LogP contribution in [-0.2, 0) is 6.42 Å². The Bertz CT molecular complexity index is 344. The molecule has 0 aliphatic rings. The number of methoxy groups -OCH3 is 1. The Morgan fingerprint density at radius 1 is 1.50 bits per heavy atom. The molecule has 4 heteroatoms. The van der Waals surface area contributed by atoms with E-state index in [4.69, 9.17) is 10.5 Å². The average molecular weight is 227 g/mol. The van der Waals surface area contributed by atoms with Gasteiger partial charge in [-0.15, -0.1) is 0 Å². The van der Waals surface area contributed by atoms with Gasteiger partial charge in [-0.05, 0) is 24.1 Å². The van der Waals surface area contributed by atoms with Gasteiger partial charge < -0.3 is 15.6 Å². The molecule has 0 spiro atoms. The summed E-state index contributed by atoms with van der Waals surface area (Å²) in [5, 5.41) is 9.74. The van der Waals surface area contributed by atoms with Gasteiger partial charge in [0.15, 0.2) is 11.6 Å². The molecule has 2 unspecified atom stereocenters. The van der Waals surface area contributed by atoms with E-state index in [1.165, 1.54) is 13.2 Å². The Balaban J connectivity index is 2.74. The lowest BCUT2D eigenvalue weighted by Crippen LogP contribution is -2.35. The number of benzene rings is 1. The summed E-state index contributed by atoms with van der Waals surface area (Å²) in [5.74, 6) is -0.213. The first-order valence-corrected chi connectivity index (χ1v) is 5.34. The third kappa shape index (κ3) is 3.18. The number of nitrogens with two attached hydrogens (primary N) is 1. The van der Waals surface area contributed by atoms with Crippen LogP contribution in [0.1, 0.15) is 18.9 Å². The fourth-order valence-corrected chi connectivity index (χ4v) is 1.50. The number of rotatable bonds is 5. The number of hydrogen-bond acceptors (Lipinski definition) is 3. The number of hydrogen-bond donors (Lipinski definition) is 2. The molecular weight excluding hydrogens is 209 g/mol. The summed E-state index contributed by atoms with van der Waals surface area (Å²) >= 11 is 0. The Labute approximate surface area is 95.0 Å². The predicted molar refractivity (Wildman–Crippen MR) is 60.9 cm³/mol. The lowest BCUT2D eigenvalue weighted by Gasteiger charge is -2.17. The van der Waals surface area contributed by atoms with E-state index in [-0.39, 0.29) is 11.8 Å². The van der Waals surface area contributed by atoms with E-state index in [1.807, 2.05) is 6.92 Å². The van der Waals surface area contributed by atoms with Crippen LogP contribution in [0.4, 0.5) is 4.39 Å². The van der Waals surface area contributed by atoms with Crippen LogP contribution >= 0.6 is 0 Å². The molecule has 0 saturated carbocycles. The monoisotopic (exact) mass is 227 g/mol. The molecule has 0 radical (unpaired) electrons. The SMILES string of the molecule is CCC(N)C(O)Cc1ccc(F)c(OC)c1. The standard InChI is InChI=1S/C12H18FNO2/c1-3-10(14)11(15)6-8-4-5-9(13)12(7-8)16-2/h4-5,7,10-11,15H,3,6,14H2,1-2H3. The van der Waals surface area contributed by atoms with Crippen LogP contribution in [0.15, 0.2) is 18.2 Å². The van der Waals surface area contributed by atoms with Gasteiger partial charge in [0.25, 0.3) is 0 Å². The Hall–Kier alpha value is -1.13. The molecule has 1 aromatic rings. The number of aliphatic hydroxyl groups is 1. The molecule has 2 atom stereocenters. The minimum atomic E-state index is -0.611. The van der Waals surface area contributed by atoms with E-state index >= 15 is 0 Å². The zero-order chi connectivity index (χ0) is 12.1. The molecule has 0 bridgehead atoms. The van der Waals surface area contributed by atoms with Crippen molar-refractivity contribution < 1.29 is 14.2 Å². The molecule has 0 aliphatic carbocycles. The van der Waals surface area contributed by atoms with E-state index < -0.39 is 11.9 Å². The molecule has 0 aliphatic heterocycles. The third-order valence-corrected chi connectivity index (χ3v) is 2.63. The minimum Gasteiger partial charge on any atom is -0.494 e. The number of halogens is 1. The van der Waals surface area contributed by atoms with Crippen LogP contribution in [0.2, 0.25) is 0 Å². The van der Waals surface area contributed by atoms with Crippen molar-refractivity contribution in [1.29, 1.82) is 0 Å². The van der Waals surface area contributed by atoms with E-state index in [1.54, 1.807) is 12.1 Å². The molecule has 0 saturated heterocycles. The molecular formula is C12H18FNO2. The van der Waals surface area contributed by atoms with Crippen molar-refractivity contribution in [3.05, 3.63) is 29.6 Å². The fraction of sp³-hybridized carbons (Fsp3) is 0.500. The highest BCUT2D eigenvalue weighted by Gasteiger charge is 2.14. The third-order valence-electron chi connectivity index (χ3n) is 2.63. The quantitative estimate of drug-likeness (QED) is 0.801. The van der Waals surface area contributed by atoms with Crippen LogP contribution in [0.3, 0.4) is 0 Å². The second kappa shape index (κ2) is 5.82. The van der Waals surface area contributed by atoms with Gasteiger partial charge in [-0.25, -0.2) is 4.39 Å². The van der Waals surface area contributed by atoms with Crippen molar-refractivity contribution >= 4 is 0 Å². The average Bonchev–Trinajstić information content (AvgIpc) is 2.30. The van der Waals surface area contributed by atoms with Crippen molar-refractivity contribution in [1.82, 2.24) is 0 Å². The Kier molecular flexibility index (Phi) is 4.71. The first kappa shape index (κ1) is 12.9. The molecule has 0 fully saturated rings. The first-order valence-electron chi connectivity index (χ1n) is 5.34.